The van der Waals surface area contributed by atoms with Gasteiger partial charge in [-0.25, -0.2) is 4.21 Å². The molecule has 0 heterocycles. The van der Waals surface area contributed by atoms with E-state index < -0.39 is 11.1 Å². The average molecular weight is 286 g/mol. The zero-order chi connectivity index (χ0) is 13.9. The van der Waals surface area contributed by atoms with Gasteiger partial charge in [0.15, 0.2) is 11.1 Å². The van der Waals surface area contributed by atoms with Crippen molar-refractivity contribution in [2.45, 2.75) is 32.1 Å². The van der Waals surface area contributed by atoms with Crippen LogP contribution in [-0.2, 0) is 11.1 Å². The van der Waals surface area contributed by atoms with Crippen LogP contribution in [0.15, 0.2) is 48.0 Å². The van der Waals surface area contributed by atoms with Crippen LogP contribution in [-0.4, -0.2) is 8.76 Å². The minimum atomic E-state index is -1.93. The first-order valence-electron chi connectivity index (χ1n) is 7.08. The van der Waals surface area contributed by atoms with Gasteiger partial charge in [0.2, 0.25) is 0 Å². The second-order valence-electron chi connectivity index (χ2n) is 5.27. The van der Waals surface area contributed by atoms with E-state index in [1.165, 1.54) is 6.42 Å². The van der Waals surface area contributed by atoms with E-state index in [1.807, 2.05) is 42.5 Å². The van der Waals surface area contributed by atoms with Crippen molar-refractivity contribution in [2.24, 2.45) is 0 Å². The monoisotopic (exact) mass is 286 g/mol. The zero-order valence-corrected chi connectivity index (χ0v) is 12.2. The predicted molar refractivity (Wildman–Crippen MR) is 84.7 cm³/mol. The molecule has 0 spiro atoms. The van der Waals surface area contributed by atoms with E-state index in [0.717, 1.165) is 47.6 Å². The maximum Gasteiger partial charge on any atom is 0.187 e. The van der Waals surface area contributed by atoms with Gasteiger partial charge in [0.1, 0.15) is 0 Å². The maximum absolute atomic E-state index is 11.9. The number of hydrogen-bond donors (Lipinski definition) is 1. The lowest BCUT2D eigenvalue weighted by molar-refractivity contribution is 0.572. The fourth-order valence-corrected chi connectivity index (χ4v) is 3.85. The van der Waals surface area contributed by atoms with Crippen molar-refractivity contribution in [2.75, 3.05) is 0 Å². The average Bonchev–Trinajstić information content (AvgIpc) is 2.48. The molecule has 0 aliphatic heterocycles. The second kappa shape index (κ2) is 5.90. The van der Waals surface area contributed by atoms with Gasteiger partial charge in [-0.1, -0.05) is 54.5 Å². The minimum absolute atomic E-state index is 0.640. The topological polar surface area (TPSA) is 37.3 Å². The fourth-order valence-electron chi connectivity index (χ4n) is 3.04. The van der Waals surface area contributed by atoms with E-state index in [0.29, 0.717) is 4.91 Å². The SMILES string of the molecule is O=S(O)C(=C1CCCCC1)c1cccc2ccccc12. The molecule has 20 heavy (non-hydrogen) atoms. The zero-order valence-electron chi connectivity index (χ0n) is 11.3. The summed E-state index contributed by atoms with van der Waals surface area (Å²) in [5, 5.41) is 2.18. The van der Waals surface area contributed by atoms with Gasteiger partial charge < -0.3 is 4.55 Å². The first kappa shape index (κ1) is 13.5. The van der Waals surface area contributed by atoms with Crippen molar-refractivity contribution in [3.63, 3.8) is 0 Å². The molecular weight excluding hydrogens is 268 g/mol. The van der Waals surface area contributed by atoms with Crippen LogP contribution in [0.4, 0.5) is 0 Å². The lowest BCUT2D eigenvalue weighted by atomic mass is 9.92. The first-order chi connectivity index (χ1) is 9.77. The van der Waals surface area contributed by atoms with Crippen molar-refractivity contribution >= 4 is 26.8 Å². The van der Waals surface area contributed by atoms with Gasteiger partial charge in [-0.2, -0.15) is 0 Å². The molecule has 0 radical (unpaired) electrons. The third-order valence-electron chi connectivity index (χ3n) is 3.99. The molecule has 1 atom stereocenters. The summed E-state index contributed by atoms with van der Waals surface area (Å²) < 4.78 is 21.7. The lowest BCUT2D eigenvalue weighted by Crippen LogP contribution is -2.03. The molecule has 1 fully saturated rings. The Balaban J connectivity index is 2.22. The normalized spacial score (nSPS) is 17.1. The summed E-state index contributed by atoms with van der Waals surface area (Å²) in [6, 6.07) is 14.0. The van der Waals surface area contributed by atoms with Crippen molar-refractivity contribution in [1.29, 1.82) is 0 Å². The van der Waals surface area contributed by atoms with Crippen LogP contribution in [0.1, 0.15) is 37.7 Å². The summed E-state index contributed by atoms with van der Waals surface area (Å²) in [4.78, 5) is 0.640. The highest BCUT2D eigenvalue weighted by Crippen LogP contribution is 2.35. The largest absolute Gasteiger partial charge is 0.302 e. The van der Waals surface area contributed by atoms with Crippen LogP contribution in [0.25, 0.3) is 15.7 Å². The Kier molecular flexibility index (Phi) is 3.99. The van der Waals surface area contributed by atoms with Gasteiger partial charge in [0.25, 0.3) is 0 Å². The number of hydrogen-bond acceptors (Lipinski definition) is 1. The van der Waals surface area contributed by atoms with Gasteiger partial charge in [0, 0.05) is 5.56 Å². The summed E-state index contributed by atoms with van der Waals surface area (Å²) >= 11 is -1.93. The van der Waals surface area contributed by atoms with Crippen LogP contribution in [0.5, 0.6) is 0 Å². The van der Waals surface area contributed by atoms with Crippen molar-refractivity contribution < 1.29 is 8.76 Å². The molecule has 0 saturated heterocycles. The molecule has 1 unspecified atom stereocenters. The Labute approximate surface area is 121 Å². The van der Waals surface area contributed by atoms with Gasteiger partial charge in [-0.3, -0.25) is 0 Å². The van der Waals surface area contributed by atoms with Crippen LogP contribution in [0.2, 0.25) is 0 Å². The van der Waals surface area contributed by atoms with Gasteiger partial charge in [-0.15, -0.1) is 0 Å². The fraction of sp³-hybridized carbons (Fsp3) is 0.294. The highest BCUT2D eigenvalue weighted by Gasteiger charge is 2.18. The van der Waals surface area contributed by atoms with E-state index in [4.69, 9.17) is 0 Å². The number of rotatable bonds is 2. The summed E-state index contributed by atoms with van der Waals surface area (Å²) in [6.07, 6.45) is 5.38. The summed E-state index contributed by atoms with van der Waals surface area (Å²) in [5.74, 6) is 0. The van der Waals surface area contributed by atoms with Gasteiger partial charge >= 0.3 is 0 Å². The molecule has 3 rings (SSSR count). The molecular formula is C17H18O2S. The molecule has 1 N–H and O–H groups in total. The third kappa shape index (κ3) is 2.56. The third-order valence-corrected chi connectivity index (χ3v) is 4.84. The Morgan fingerprint density at radius 3 is 2.40 bits per heavy atom. The highest BCUT2D eigenvalue weighted by atomic mass is 32.2. The Bertz CT molecular complexity index is 675. The lowest BCUT2D eigenvalue weighted by Gasteiger charge is -2.18. The van der Waals surface area contributed by atoms with E-state index >= 15 is 0 Å². The van der Waals surface area contributed by atoms with Gasteiger partial charge in [-0.05, 0) is 36.5 Å². The van der Waals surface area contributed by atoms with E-state index in [9.17, 15) is 8.76 Å². The van der Waals surface area contributed by atoms with Crippen molar-refractivity contribution in [3.8, 4) is 0 Å². The predicted octanol–water partition coefficient (Wildman–Crippen LogP) is 4.74. The van der Waals surface area contributed by atoms with Crippen LogP contribution < -0.4 is 0 Å². The summed E-state index contributed by atoms with van der Waals surface area (Å²) in [7, 11) is 0. The summed E-state index contributed by atoms with van der Waals surface area (Å²) in [6.45, 7) is 0. The van der Waals surface area contributed by atoms with E-state index in [2.05, 4.69) is 0 Å². The molecule has 2 aromatic rings. The molecule has 1 aliphatic rings. The van der Waals surface area contributed by atoms with Gasteiger partial charge in [0.05, 0.1) is 4.91 Å². The molecule has 2 nitrogen and oxygen atoms in total. The standard InChI is InChI=1S/C17H18O2S/c18-20(19)17(14-8-2-1-3-9-14)16-12-6-10-13-7-4-5-11-15(13)16/h4-7,10-12H,1-3,8-9H2,(H,18,19). The molecule has 3 heteroatoms. The Morgan fingerprint density at radius 1 is 0.950 bits per heavy atom. The maximum atomic E-state index is 11.9. The van der Waals surface area contributed by atoms with E-state index in [1.54, 1.807) is 0 Å². The number of fused-ring (bicyclic) bond motifs is 1. The molecule has 0 aromatic heterocycles. The van der Waals surface area contributed by atoms with Crippen LogP contribution >= 0.6 is 0 Å². The Morgan fingerprint density at radius 2 is 1.65 bits per heavy atom. The second-order valence-corrected chi connectivity index (χ2v) is 6.18. The van der Waals surface area contributed by atoms with E-state index in [-0.39, 0.29) is 0 Å². The minimum Gasteiger partial charge on any atom is -0.302 e. The number of allylic oxidation sites excluding steroid dienone is 1. The summed E-state index contributed by atoms with van der Waals surface area (Å²) in [5.41, 5.74) is 2.08. The first-order valence-corrected chi connectivity index (χ1v) is 8.19. The molecule has 0 amide bonds. The van der Waals surface area contributed by atoms with Crippen molar-refractivity contribution in [1.82, 2.24) is 0 Å². The molecule has 2 aromatic carbocycles. The molecule has 1 aliphatic carbocycles. The Hall–Kier alpha value is -1.45. The molecule has 104 valence electrons. The number of benzene rings is 2. The van der Waals surface area contributed by atoms with Crippen LogP contribution in [0.3, 0.4) is 0 Å². The van der Waals surface area contributed by atoms with Crippen molar-refractivity contribution in [3.05, 3.63) is 53.6 Å². The molecule has 0 bridgehead atoms. The quantitative estimate of drug-likeness (QED) is 0.810. The smallest absolute Gasteiger partial charge is 0.187 e. The molecule has 1 saturated carbocycles. The highest BCUT2D eigenvalue weighted by molar-refractivity contribution is 7.89. The van der Waals surface area contributed by atoms with Crippen LogP contribution in [0, 0.1) is 0 Å².